The fourth-order valence-corrected chi connectivity index (χ4v) is 2.40. The van der Waals surface area contributed by atoms with Crippen LogP contribution in [0.1, 0.15) is 35.8 Å². The maximum atomic E-state index is 12.5. The van der Waals surface area contributed by atoms with Crippen molar-refractivity contribution in [3.8, 4) is 0 Å². The Morgan fingerprint density at radius 1 is 1.17 bits per heavy atom. The fourth-order valence-electron chi connectivity index (χ4n) is 2.40. The summed E-state index contributed by atoms with van der Waals surface area (Å²) < 4.78 is 0. The van der Waals surface area contributed by atoms with Gasteiger partial charge in [0.2, 0.25) is 0 Å². The molecule has 1 N–H and O–H groups in total. The number of hydrogen-bond donors (Lipinski definition) is 1. The molecule has 0 radical (unpaired) electrons. The van der Waals surface area contributed by atoms with Crippen molar-refractivity contribution in [1.29, 1.82) is 0 Å². The van der Waals surface area contributed by atoms with Gasteiger partial charge in [0.05, 0.1) is 12.2 Å². The maximum absolute atomic E-state index is 12.5. The number of carbonyl (C=O) groups is 2. The molecule has 1 saturated carbocycles. The van der Waals surface area contributed by atoms with Crippen LogP contribution in [0, 0.1) is 0 Å². The van der Waals surface area contributed by atoms with Crippen molar-refractivity contribution in [1.82, 2.24) is 9.88 Å². The van der Waals surface area contributed by atoms with Crippen LogP contribution < -0.4 is 5.32 Å². The van der Waals surface area contributed by atoms with Crippen molar-refractivity contribution < 1.29 is 9.59 Å². The van der Waals surface area contributed by atoms with Crippen molar-refractivity contribution in [2.45, 2.75) is 32.4 Å². The van der Waals surface area contributed by atoms with Crippen molar-refractivity contribution >= 4 is 17.5 Å². The molecule has 1 fully saturated rings. The van der Waals surface area contributed by atoms with Gasteiger partial charge >= 0.3 is 6.03 Å². The van der Waals surface area contributed by atoms with Crippen LogP contribution >= 0.6 is 0 Å². The number of urea groups is 1. The van der Waals surface area contributed by atoms with Crippen LogP contribution in [-0.2, 0) is 6.54 Å². The lowest BCUT2D eigenvalue weighted by Crippen LogP contribution is -2.36. The highest BCUT2D eigenvalue weighted by Crippen LogP contribution is 2.28. The molecule has 118 valence electrons. The predicted molar refractivity (Wildman–Crippen MR) is 88.3 cm³/mol. The summed E-state index contributed by atoms with van der Waals surface area (Å²) in [6, 6.07) is 12.8. The quantitative estimate of drug-likeness (QED) is 0.860. The second-order valence-electron chi connectivity index (χ2n) is 5.74. The summed E-state index contributed by atoms with van der Waals surface area (Å²) in [6.07, 6.45) is 3.80. The second-order valence-corrected chi connectivity index (χ2v) is 5.74. The molecule has 1 aliphatic rings. The molecule has 0 spiro atoms. The van der Waals surface area contributed by atoms with Crippen molar-refractivity contribution in [2.75, 3.05) is 5.32 Å². The molecule has 0 unspecified atom stereocenters. The maximum Gasteiger partial charge on any atom is 0.322 e. The fraction of sp³-hybridized carbons (Fsp3) is 0.278. The van der Waals surface area contributed by atoms with Gasteiger partial charge in [0.15, 0.2) is 5.78 Å². The Kier molecular flexibility index (Phi) is 4.37. The first-order chi connectivity index (χ1) is 11.1. The number of pyridine rings is 1. The van der Waals surface area contributed by atoms with E-state index in [0.717, 1.165) is 18.5 Å². The Morgan fingerprint density at radius 3 is 2.48 bits per heavy atom. The molecule has 1 aromatic heterocycles. The number of amides is 2. The SMILES string of the molecule is CC(=O)c1ccc(NC(=O)N(Cc2ccccn2)C2CC2)cc1. The predicted octanol–water partition coefficient (Wildman–Crippen LogP) is 3.48. The Hall–Kier alpha value is -2.69. The Balaban J connectivity index is 1.68. The molecule has 3 rings (SSSR count). The second kappa shape index (κ2) is 6.60. The highest BCUT2D eigenvalue weighted by Gasteiger charge is 2.32. The number of anilines is 1. The summed E-state index contributed by atoms with van der Waals surface area (Å²) in [5, 5.41) is 2.90. The molecule has 2 aromatic rings. The van der Waals surface area contributed by atoms with Crippen molar-refractivity contribution in [2.24, 2.45) is 0 Å². The van der Waals surface area contributed by atoms with Gasteiger partial charge in [-0.15, -0.1) is 0 Å². The van der Waals surface area contributed by atoms with Crippen LogP contribution in [0.3, 0.4) is 0 Å². The van der Waals surface area contributed by atoms with Gasteiger partial charge in [-0.2, -0.15) is 0 Å². The minimum absolute atomic E-state index is 0.0117. The van der Waals surface area contributed by atoms with E-state index in [0.29, 0.717) is 17.8 Å². The van der Waals surface area contributed by atoms with Gasteiger partial charge in [0.25, 0.3) is 0 Å². The van der Waals surface area contributed by atoms with E-state index in [1.165, 1.54) is 6.92 Å². The largest absolute Gasteiger partial charge is 0.322 e. The zero-order valence-electron chi connectivity index (χ0n) is 13.0. The number of nitrogens with zero attached hydrogens (tertiary/aromatic N) is 2. The summed E-state index contributed by atoms with van der Waals surface area (Å²) in [5.74, 6) is 0.0117. The summed E-state index contributed by atoms with van der Waals surface area (Å²) in [4.78, 5) is 29.9. The summed E-state index contributed by atoms with van der Waals surface area (Å²) in [6.45, 7) is 2.03. The Labute approximate surface area is 135 Å². The average molecular weight is 309 g/mol. The molecule has 0 aliphatic heterocycles. The normalized spacial score (nSPS) is 13.4. The topological polar surface area (TPSA) is 62.3 Å². The van der Waals surface area contributed by atoms with E-state index in [1.54, 1.807) is 30.5 Å². The highest BCUT2D eigenvalue weighted by atomic mass is 16.2. The van der Waals surface area contributed by atoms with Gasteiger partial charge in [-0.1, -0.05) is 6.07 Å². The first-order valence-corrected chi connectivity index (χ1v) is 7.72. The number of carbonyl (C=O) groups excluding carboxylic acids is 2. The first-order valence-electron chi connectivity index (χ1n) is 7.72. The third-order valence-corrected chi connectivity index (χ3v) is 3.85. The van der Waals surface area contributed by atoms with Crippen LogP contribution in [0.15, 0.2) is 48.7 Å². The highest BCUT2D eigenvalue weighted by molar-refractivity contribution is 5.95. The number of benzene rings is 1. The van der Waals surface area contributed by atoms with Crippen molar-refractivity contribution in [3.05, 3.63) is 59.9 Å². The van der Waals surface area contributed by atoms with Gasteiger partial charge in [0, 0.05) is 23.5 Å². The Bertz CT molecular complexity index is 694. The zero-order chi connectivity index (χ0) is 16.2. The molecule has 23 heavy (non-hydrogen) atoms. The van der Waals surface area contributed by atoms with Crippen molar-refractivity contribution in [3.63, 3.8) is 0 Å². The average Bonchev–Trinajstić information content (AvgIpc) is 3.39. The number of aromatic nitrogens is 1. The monoisotopic (exact) mass is 309 g/mol. The molecule has 0 atom stereocenters. The van der Waals surface area contributed by atoms with E-state index in [2.05, 4.69) is 10.3 Å². The lowest BCUT2D eigenvalue weighted by molar-refractivity contribution is 0.101. The van der Waals surface area contributed by atoms with Crippen LogP contribution in [0.5, 0.6) is 0 Å². The Morgan fingerprint density at radius 2 is 1.91 bits per heavy atom. The first kappa shape index (κ1) is 15.2. The summed E-state index contributed by atoms with van der Waals surface area (Å²) >= 11 is 0. The van der Waals surface area contributed by atoms with Gasteiger partial charge in [-0.05, 0) is 56.2 Å². The van der Waals surface area contributed by atoms with E-state index in [9.17, 15) is 9.59 Å². The van der Waals surface area contributed by atoms with Crippen LogP contribution in [-0.4, -0.2) is 27.7 Å². The summed E-state index contributed by atoms with van der Waals surface area (Å²) in [7, 11) is 0. The van der Waals surface area contributed by atoms with Crippen LogP contribution in [0.25, 0.3) is 0 Å². The molecule has 1 aromatic carbocycles. The minimum atomic E-state index is -0.131. The summed E-state index contributed by atoms with van der Waals surface area (Å²) in [5.41, 5.74) is 2.20. The minimum Gasteiger partial charge on any atom is -0.316 e. The third-order valence-electron chi connectivity index (χ3n) is 3.85. The van der Waals surface area contributed by atoms with E-state index in [4.69, 9.17) is 0 Å². The van der Waals surface area contributed by atoms with Gasteiger partial charge < -0.3 is 10.2 Å². The molecule has 1 aliphatic carbocycles. The molecular formula is C18H19N3O2. The van der Waals surface area contributed by atoms with E-state index in [-0.39, 0.29) is 17.9 Å². The number of nitrogens with one attached hydrogen (secondary N) is 1. The van der Waals surface area contributed by atoms with E-state index < -0.39 is 0 Å². The molecule has 0 saturated heterocycles. The molecule has 1 heterocycles. The number of rotatable bonds is 5. The van der Waals surface area contributed by atoms with Crippen LogP contribution in [0.4, 0.5) is 10.5 Å². The number of ketones is 1. The third kappa shape index (κ3) is 3.94. The molecule has 5 nitrogen and oxygen atoms in total. The van der Waals surface area contributed by atoms with Gasteiger partial charge in [-0.25, -0.2) is 4.79 Å². The van der Waals surface area contributed by atoms with E-state index in [1.807, 2.05) is 23.1 Å². The molecule has 5 heteroatoms. The van der Waals surface area contributed by atoms with Gasteiger partial charge in [-0.3, -0.25) is 9.78 Å². The zero-order valence-corrected chi connectivity index (χ0v) is 13.0. The lowest BCUT2D eigenvalue weighted by atomic mass is 10.1. The van der Waals surface area contributed by atoms with Gasteiger partial charge in [0.1, 0.15) is 0 Å². The lowest BCUT2D eigenvalue weighted by Gasteiger charge is -2.22. The molecular weight excluding hydrogens is 290 g/mol. The molecule has 2 amide bonds. The van der Waals surface area contributed by atoms with Crippen LogP contribution in [0.2, 0.25) is 0 Å². The smallest absolute Gasteiger partial charge is 0.316 e. The number of Topliss-reactive ketones (excluding diaryl/α,β-unsaturated/α-hetero) is 1. The number of hydrogen-bond acceptors (Lipinski definition) is 3. The van der Waals surface area contributed by atoms with E-state index >= 15 is 0 Å². The standard InChI is InChI=1S/C18H19N3O2/c1-13(22)14-5-7-15(8-6-14)20-18(23)21(17-9-10-17)12-16-4-2-3-11-19-16/h2-8,11,17H,9-10,12H2,1H3,(H,20,23). The molecule has 0 bridgehead atoms.